The number of primary amides is 1. The van der Waals surface area contributed by atoms with Gasteiger partial charge in [-0.2, -0.15) is 0 Å². The molecule has 164 valence electrons. The van der Waals surface area contributed by atoms with E-state index in [4.69, 9.17) is 11.5 Å². The summed E-state index contributed by atoms with van der Waals surface area (Å²) < 4.78 is 0. The molecule has 2 aliphatic heterocycles. The summed E-state index contributed by atoms with van der Waals surface area (Å²) in [6.07, 6.45) is -0.605. The molecule has 0 saturated carbocycles. The van der Waals surface area contributed by atoms with E-state index >= 15 is 0 Å². The van der Waals surface area contributed by atoms with Crippen molar-refractivity contribution in [3.05, 3.63) is 0 Å². The summed E-state index contributed by atoms with van der Waals surface area (Å²) in [4.78, 5) is 52.1. The average Bonchev–Trinajstić information content (AvgIpc) is 3.32. The summed E-state index contributed by atoms with van der Waals surface area (Å²) in [5.74, 6) is -2.56. The Labute approximate surface area is 169 Å². The first-order valence-electron chi connectivity index (χ1n) is 9.85. The Bertz CT molecular complexity index is 655. The summed E-state index contributed by atoms with van der Waals surface area (Å²) >= 11 is 0. The van der Waals surface area contributed by atoms with Crippen molar-refractivity contribution in [2.75, 3.05) is 19.6 Å². The maximum absolute atomic E-state index is 12.9. The Morgan fingerprint density at radius 3 is 2.28 bits per heavy atom. The summed E-state index contributed by atoms with van der Waals surface area (Å²) in [6, 6.07) is -2.95. The molecule has 11 heteroatoms. The molecule has 4 amide bonds. The predicted octanol–water partition coefficient (Wildman–Crippen LogP) is -3.12. The summed E-state index contributed by atoms with van der Waals surface area (Å²) in [7, 11) is 0. The van der Waals surface area contributed by atoms with E-state index in [1.165, 1.54) is 23.6 Å². The van der Waals surface area contributed by atoms with Crippen molar-refractivity contribution >= 4 is 23.6 Å². The van der Waals surface area contributed by atoms with E-state index in [0.717, 1.165) is 0 Å². The Morgan fingerprint density at radius 1 is 1.07 bits per heavy atom. The second-order valence-corrected chi connectivity index (χ2v) is 7.86. The molecule has 2 heterocycles. The minimum absolute atomic E-state index is 0.150. The van der Waals surface area contributed by atoms with Crippen molar-refractivity contribution in [2.45, 2.75) is 63.4 Å². The van der Waals surface area contributed by atoms with Crippen LogP contribution in [0.4, 0.5) is 0 Å². The number of nitrogens with zero attached hydrogens (tertiary/aromatic N) is 2. The lowest BCUT2D eigenvalue weighted by atomic mass is 10.1. The second kappa shape index (κ2) is 9.51. The van der Waals surface area contributed by atoms with Gasteiger partial charge in [0.1, 0.15) is 18.1 Å². The number of carbonyl (C=O) groups is 4. The number of rotatable bonds is 7. The maximum Gasteiger partial charge on any atom is 0.245 e. The number of carbonyl (C=O) groups excluding carboxylic acids is 4. The number of likely N-dealkylation sites (tertiary alicyclic amines) is 2. The monoisotopic (exact) mass is 413 g/mol. The molecular formula is C18H31N5O6. The molecule has 0 aromatic heterocycles. The zero-order valence-corrected chi connectivity index (χ0v) is 16.8. The number of aliphatic hydroxyl groups is 2. The normalized spacial score (nSPS) is 26.0. The Kier molecular flexibility index (Phi) is 7.55. The first-order valence-corrected chi connectivity index (χ1v) is 9.85. The van der Waals surface area contributed by atoms with Gasteiger partial charge in [0.05, 0.1) is 18.1 Å². The molecule has 2 rings (SSSR count). The van der Waals surface area contributed by atoms with Crippen LogP contribution in [0.3, 0.4) is 0 Å². The van der Waals surface area contributed by atoms with E-state index < -0.39 is 54.0 Å². The quantitative estimate of drug-likeness (QED) is 0.293. The molecule has 0 aliphatic carbocycles. The molecular weight excluding hydrogens is 382 g/mol. The molecule has 11 nitrogen and oxygen atoms in total. The van der Waals surface area contributed by atoms with Gasteiger partial charge in [-0.25, -0.2) is 0 Å². The van der Waals surface area contributed by atoms with Gasteiger partial charge in [-0.15, -0.1) is 0 Å². The zero-order valence-electron chi connectivity index (χ0n) is 16.8. The molecule has 2 fully saturated rings. The minimum atomic E-state index is -1.20. The van der Waals surface area contributed by atoms with E-state index in [0.29, 0.717) is 32.4 Å². The zero-order chi connectivity index (χ0) is 21.9. The van der Waals surface area contributed by atoms with Crippen molar-refractivity contribution in [2.24, 2.45) is 17.4 Å². The molecule has 0 spiro atoms. The summed E-state index contributed by atoms with van der Waals surface area (Å²) in [5, 5.41) is 21.6. The van der Waals surface area contributed by atoms with Gasteiger partial charge < -0.3 is 36.8 Å². The molecule has 0 bridgehead atoms. The van der Waals surface area contributed by atoms with Crippen LogP contribution in [0.25, 0.3) is 0 Å². The fourth-order valence-corrected chi connectivity index (χ4v) is 3.77. The van der Waals surface area contributed by atoms with Crippen LogP contribution < -0.4 is 16.8 Å². The minimum Gasteiger partial charge on any atom is -0.391 e. The van der Waals surface area contributed by atoms with E-state index in [2.05, 4.69) is 5.32 Å². The molecule has 0 aromatic rings. The lowest BCUT2D eigenvalue weighted by Gasteiger charge is -2.30. The third-order valence-electron chi connectivity index (χ3n) is 5.58. The van der Waals surface area contributed by atoms with Gasteiger partial charge in [0.15, 0.2) is 0 Å². The van der Waals surface area contributed by atoms with Crippen LogP contribution in [-0.4, -0.2) is 93.6 Å². The standard InChI is InChI=1S/C18H31N5O6/c1-9(24)13(19)18(29)23-6-3-4-12(23)17(28)22-7-5-11(8-22)16(27)21-14(10(2)25)15(20)26/h9-14,24-25H,3-8,19H2,1-2H3,(H2,20,26)(H,21,27)/t9?,10-,11-,12+,13+,14+/m1/s1. The van der Waals surface area contributed by atoms with Crippen LogP contribution in [0.2, 0.25) is 0 Å². The topological polar surface area (TPSA) is 179 Å². The van der Waals surface area contributed by atoms with Crippen LogP contribution in [0.15, 0.2) is 0 Å². The lowest BCUT2D eigenvalue weighted by Crippen LogP contribution is -2.55. The smallest absolute Gasteiger partial charge is 0.245 e. The Balaban J connectivity index is 1.98. The molecule has 29 heavy (non-hydrogen) atoms. The highest BCUT2D eigenvalue weighted by Crippen LogP contribution is 2.24. The van der Waals surface area contributed by atoms with Crippen LogP contribution >= 0.6 is 0 Å². The second-order valence-electron chi connectivity index (χ2n) is 7.86. The van der Waals surface area contributed by atoms with E-state index in [1.54, 1.807) is 0 Å². The maximum atomic E-state index is 12.9. The van der Waals surface area contributed by atoms with Gasteiger partial charge in [0.25, 0.3) is 0 Å². The van der Waals surface area contributed by atoms with Gasteiger partial charge in [-0.1, -0.05) is 0 Å². The molecule has 2 aliphatic rings. The van der Waals surface area contributed by atoms with E-state index in [-0.39, 0.29) is 12.5 Å². The fraction of sp³-hybridized carbons (Fsp3) is 0.778. The SMILES string of the molecule is CC(O)[C@H](N)C(=O)N1CCC[C@H]1C(=O)N1CC[C@@H](C(=O)N[C@H](C(N)=O)[C@@H](C)O)C1. The third-order valence-corrected chi connectivity index (χ3v) is 5.58. The van der Waals surface area contributed by atoms with E-state index in [9.17, 15) is 29.4 Å². The average molecular weight is 413 g/mol. The molecule has 0 aromatic carbocycles. The van der Waals surface area contributed by atoms with Crippen LogP contribution in [-0.2, 0) is 19.2 Å². The van der Waals surface area contributed by atoms with Crippen molar-refractivity contribution in [1.82, 2.24) is 15.1 Å². The molecule has 7 N–H and O–H groups in total. The van der Waals surface area contributed by atoms with Crippen molar-refractivity contribution in [3.63, 3.8) is 0 Å². The van der Waals surface area contributed by atoms with Crippen molar-refractivity contribution in [3.8, 4) is 0 Å². The van der Waals surface area contributed by atoms with Gasteiger partial charge in [0.2, 0.25) is 23.6 Å². The Hall–Kier alpha value is -2.24. The predicted molar refractivity (Wildman–Crippen MR) is 102 cm³/mol. The number of hydrogen-bond donors (Lipinski definition) is 5. The largest absolute Gasteiger partial charge is 0.391 e. The summed E-state index contributed by atoms with van der Waals surface area (Å²) in [5.41, 5.74) is 10.9. The van der Waals surface area contributed by atoms with Crippen molar-refractivity contribution in [1.29, 1.82) is 0 Å². The van der Waals surface area contributed by atoms with Crippen LogP contribution in [0.5, 0.6) is 0 Å². The van der Waals surface area contributed by atoms with E-state index in [1.807, 2.05) is 0 Å². The van der Waals surface area contributed by atoms with Crippen molar-refractivity contribution < 1.29 is 29.4 Å². The van der Waals surface area contributed by atoms with Gasteiger partial charge >= 0.3 is 0 Å². The van der Waals surface area contributed by atoms with Crippen LogP contribution in [0, 0.1) is 5.92 Å². The number of nitrogens with one attached hydrogen (secondary N) is 1. The molecule has 6 atom stereocenters. The number of nitrogens with two attached hydrogens (primary N) is 2. The molecule has 2 saturated heterocycles. The number of aliphatic hydroxyl groups excluding tert-OH is 2. The highest BCUT2D eigenvalue weighted by Gasteiger charge is 2.42. The number of amides is 4. The Morgan fingerprint density at radius 2 is 1.72 bits per heavy atom. The lowest BCUT2D eigenvalue weighted by molar-refractivity contribution is -0.145. The molecule has 0 radical (unpaired) electrons. The summed E-state index contributed by atoms with van der Waals surface area (Å²) in [6.45, 7) is 3.66. The highest BCUT2D eigenvalue weighted by molar-refractivity contribution is 5.92. The van der Waals surface area contributed by atoms with Gasteiger partial charge in [-0.05, 0) is 33.1 Å². The number of hydrogen-bond acceptors (Lipinski definition) is 7. The van der Waals surface area contributed by atoms with Gasteiger partial charge in [-0.3, -0.25) is 19.2 Å². The first kappa shape index (κ1) is 23.0. The first-order chi connectivity index (χ1) is 13.5. The molecule has 1 unspecified atom stereocenters. The highest BCUT2D eigenvalue weighted by atomic mass is 16.3. The fourth-order valence-electron chi connectivity index (χ4n) is 3.77. The van der Waals surface area contributed by atoms with Crippen LogP contribution in [0.1, 0.15) is 33.1 Å². The third kappa shape index (κ3) is 5.22. The van der Waals surface area contributed by atoms with Gasteiger partial charge in [0, 0.05) is 19.6 Å².